The van der Waals surface area contributed by atoms with Crippen molar-refractivity contribution in [3.8, 4) is 11.5 Å². The molecule has 0 bridgehead atoms. The van der Waals surface area contributed by atoms with Crippen molar-refractivity contribution >= 4 is 11.8 Å². The van der Waals surface area contributed by atoms with Gasteiger partial charge in [0.15, 0.2) is 11.5 Å². The number of methoxy groups -OCH3 is 1. The Bertz CT molecular complexity index is 602. The maximum absolute atomic E-state index is 11.8. The molecule has 2 unspecified atom stereocenters. The first-order valence-corrected chi connectivity index (χ1v) is 9.60. The molecule has 0 saturated carbocycles. The fraction of sp³-hybridized carbons (Fsp3) is 0.619. The highest BCUT2D eigenvalue weighted by Gasteiger charge is 2.41. The molecular weight excluding hydrogens is 346 g/mol. The number of benzene rings is 1. The highest BCUT2D eigenvalue weighted by Crippen LogP contribution is 2.36. The molecule has 6 nitrogen and oxygen atoms in total. The van der Waals surface area contributed by atoms with Gasteiger partial charge in [-0.2, -0.15) is 0 Å². The van der Waals surface area contributed by atoms with Gasteiger partial charge in [0.05, 0.1) is 13.7 Å². The van der Waals surface area contributed by atoms with Crippen molar-refractivity contribution < 1.29 is 23.8 Å². The van der Waals surface area contributed by atoms with E-state index in [1.165, 1.54) is 7.11 Å². The number of carbonyl (C=O) groups excluding carboxylic acids is 2. The van der Waals surface area contributed by atoms with E-state index in [9.17, 15) is 9.59 Å². The highest BCUT2D eigenvalue weighted by atomic mass is 16.6. The molecule has 0 amide bonds. The molecule has 27 heavy (non-hydrogen) atoms. The Morgan fingerprint density at radius 2 is 1.85 bits per heavy atom. The minimum atomic E-state index is -1.13. The third-order valence-electron chi connectivity index (χ3n) is 3.70. The lowest BCUT2D eigenvalue weighted by atomic mass is 10.0. The molecule has 0 saturated heterocycles. The van der Waals surface area contributed by atoms with Gasteiger partial charge in [-0.25, -0.2) is 4.79 Å². The summed E-state index contributed by atoms with van der Waals surface area (Å²) in [6.07, 6.45) is 0.762. The lowest BCUT2D eigenvalue weighted by molar-refractivity contribution is -0.162. The largest absolute Gasteiger partial charge is 0.485 e. The molecule has 1 aromatic rings. The van der Waals surface area contributed by atoms with Crippen LogP contribution >= 0.6 is 0 Å². The van der Waals surface area contributed by atoms with Gasteiger partial charge in [-0.05, 0) is 44.9 Å². The molecule has 154 valence electrons. The number of rotatable bonds is 6. The zero-order chi connectivity index (χ0) is 21.0. The predicted molar refractivity (Wildman–Crippen MR) is 108 cm³/mol. The van der Waals surface area contributed by atoms with Crippen LogP contribution in [0.3, 0.4) is 0 Å². The summed E-state index contributed by atoms with van der Waals surface area (Å²) < 4.78 is 16.2. The maximum atomic E-state index is 11.8. The van der Waals surface area contributed by atoms with Crippen molar-refractivity contribution in [3.63, 3.8) is 0 Å². The van der Waals surface area contributed by atoms with Gasteiger partial charge in [0.1, 0.15) is 12.4 Å². The number of nitrogens with one attached hydrogen (secondary N) is 1. The summed E-state index contributed by atoms with van der Waals surface area (Å²) >= 11 is 0. The number of esters is 1. The van der Waals surface area contributed by atoms with Crippen LogP contribution in [0.1, 0.15) is 54.0 Å². The number of hydrogen-bond acceptors (Lipinski definition) is 6. The zero-order valence-corrected chi connectivity index (χ0v) is 18.0. The van der Waals surface area contributed by atoms with Gasteiger partial charge in [-0.15, -0.1) is 0 Å². The number of ether oxygens (including phenoxy) is 3. The quantitative estimate of drug-likeness (QED) is 0.760. The maximum Gasteiger partial charge on any atom is 0.353 e. The van der Waals surface area contributed by atoms with Crippen LogP contribution in [0.2, 0.25) is 0 Å². The van der Waals surface area contributed by atoms with Gasteiger partial charge in [0, 0.05) is 6.04 Å². The molecule has 1 aromatic carbocycles. The fourth-order valence-electron chi connectivity index (χ4n) is 2.42. The summed E-state index contributed by atoms with van der Waals surface area (Å²) in [5.41, 5.74) is -0.0582. The van der Waals surface area contributed by atoms with Crippen LogP contribution in [0.5, 0.6) is 11.5 Å². The molecule has 0 aliphatic carbocycles. The molecule has 1 aliphatic rings. The predicted octanol–water partition coefficient (Wildman–Crippen LogP) is 3.55. The zero-order valence-electron chi connectivity index (χ0n) is 18.0. The van der Waals surface area contributed by atoms with Crippen LogP contribution in [0.4, 0.5) is 0 Å². The third-order valence-corrected chi connectivity index (χ3v) is 3.70. The number of carbonyl (C=O) groups is 2. The van der Waals surface area contributed by atoms with Gasteiger partial charge < -0.3 is 19.5 Å². The smallest absolute Gasteiger partial charge is 0.353 e. The van der Waals surface area contributed by atoms with E-state index in [1.54, 1.807) is 19.9 Å². The molecule has 0 spiro atoms. The Labute approximate surface area is 163 Å². The van der Waals surface area contributed by atoms with E-state index in [-0.39, 0.29) is 18.4 Å². The Hall–Kier alpha value is -2.08. The van der Waals surface area contributed by atoms with Crippen LogP contribution in [0, 0.1) is 0 Å². The van der Waals surface area contributed by atoms with Crippen molar-refractivity contribution in [3.05, 3.63) is 23.8 Å². The van der Waals surface area contributed by atoms with E-state index in [2.05, 4.69) is 5.32 Å². The molecule has 0 fully saturated rings. The molecule has 0 aromatic heterocycles. The number of hydrogen-bond donors (Lipinski definition) is 1. The minimum absolute atomic E-state index is 0.105. The van der Waals surface area contributed by atoms with E-state index >= 15 is 0 Å². The number of fused-ring (bicyclic) bond motifs is 1. The average Bonchev–Trinajstić information content (AvgIpc) is 2.69. The van der Waals surface area contributed by atoms with Crippen molar-refractivity contribution in [2.45, 2.75) is 66.5 Å². The van der Waals surface area contributed by atoms with E-state index in [4.69, 9.17) is 14.2 Å². The summed E-state index contributed by atoms with van der Waals surface area (Å²) in [7, 11) is 1.32. The molecular formula is C21H35NO5. The first kappa shape index (κ1) is 24.9. The highest BCUT2D eigenvalue weighted by molar-refractivity contribution is 5.80. The number of Topliss-reactive ketones (excluding diaryl/α,β-unsaturated/α-hetero) is 1. The van der Waals surface area contributed by atoms with Crippen LogP contribution in [-0.2, 0) is 20.7 Å². The summed E-state index contributed by atoms with van der Waals surface area (Å²) in [6, 6.07) is 5.79. The van der Waals surface area contributed by atoms with E-state index < -0.39 is 11.6 Å². The normalized spacial score (nSPS) is 18.1. The SMILES string of the molecule is CC.CC.COC(=O)C1(C)COc2cc(CC(C)NCC(C)=O)ccc2O1. The summed E-state index contributed by atoms with van der Waals surface area (Å²) in [6.45, 7) is 13.7. The van der Waals surface area contributed by atoms with Crippen molar-refractivity contribution in [1.29, 1.82) is 0 Å². The van der Waals surface area contributed by atoms with Crippen LogP contribution in [0.25, 0.3) is 0 Å². The van der Waals surface area contributed by atoms with Gasteiger partial charge in [-0.3, -0.25) is 4.79 Å². The molecule has 2 atom stereocenters. The fourth-order valence-corrected chi connectivity index (χ4v) is 2.42. The first-order valence-electron chi connectivity index (χ1n) is 9.60. The minimum Gasteiger partial charge on any atom is -0.485 e. The Morgan fingerprint density at radius 3 is 2.41 bits per heavy atom. The van der Waals surface area contributed by atoms with Crippen molar-refractivity contribution in [2.75, 3.05) is 20.3 Å². The molecule has 1 N–H and O–H groups in total. The lowest BCUT2D eigenvalue weighted by Crippen LogP contribution is -2.49. The van der Waals surface area contributed by atoms with Crippen LogP contribution < -0.4 is 14.8 Å². The van der Waals surface area contributed by atoms with Crippen molar-refractivity contribution in [1.82, 2.24) is 5.32 Å². The standard InChI is InChI=1S/C17H23NO5.2C2H6/c1-11(18-9-12(2)19)7-13-5-6-14-15(8-13)22-10-17(3,23-14)16(20)21-4;2*1-2/h5-6,8,11,18H,7,9-10H2,1-4H3;2*1-2H3. The second-order valence-corrected chi connectivity index (χ2v) is 6.08. The van der Waals surface area contributed by atoms with Gasteiger partial charge in [0.25, 0.3) is 0 Å². The van der Waals surface area contributed by atoms with Gasteiger partial charge in [-0.1, -0.05) is 33.8 Å². The molecule has 2 rings (SSSR count). The van der Waals surface area contributed by atoms with Crippen molar-refractivity contribution in [2.24, 2.45) is 0 Å². The molecule has 1 heterocycles. The lowest BCUT2D eigenvalue weighted by Gasteiger charge is -2.33. The molecule has 6 heteroatoms. The Balaban J connectivity index is 0.00000158. The van der Waals surface area contributed by atoms with Gasteiger partial charge >= 0.3 is 5.97 Å². The first-order chi connectivity index (χ1) is 12.8. The molecule has 1 aliphatic heterocycles. The monoisotopic (exact) mass is 381 g/mol. The van der Waals surface area contributed by atoms with Crippen LogP contribution in [-0.4, -0.2) is 43.7 Å². The number of ketones is 1. The second kappa shape index (κ2) is 12.3. The Morgan fingerprint density at radius 1 is 1.22 bits per heavy atom. The third kappa shape index (κ3) is 7.59. The summed E-state index contributed by atoms with van der Waals surface area (Å²) in [5.74, 6) is 0.787. The Kier molecular flexibility index (Phi) is 11.4. The van der Waals surface area contributed by atoms with Crippen LogP contribution in [0.15, 0.2) is 18.2 Å². The van der Waals surface area contributed by atoms with Gasteiger partial charge in [0.2, 0.25) is 5.60 Å². The molecule has 0 radical (unpaired) electrons. The van der Waals surface area contributed by atoms with E-state index in [1.807, 2.05) is 46.8 Å². The topological polar surface area (TPSA) is 73.9 Å². The van der Waals surface area contributed by atoms with E-state index in [0.29, 0.717) is 18.0 Å². The summed E-state index contributed by atoms with van der Waals surface area (Å²) in [5, 5.41) is 3.16. The second-order valence-electron chi connectivity index (χ2n) is 6.08. The van der Waals surface area contributed by atoms with E-state index in [0.717, 1.165) is 12.0 Å². The summed E-state index contributed by atoms with van der Waals surface area (Å²) in [4.78, 5) is 22.8. The average molecular weight is 382 g/mol.